The molecule has 1 N–H and O–H groups in total. The molecule has 8 heteroatoms. The number of aryl methyl sites for hydroxylation is 2. The summed E-state index contributed by atoms with van der Waals surface area (Å²) in [4.78, 5) is 9.31. The normalized spacial score (nSPS) is 16.8. The van der Waals surface area contributed by atoms with Crippen LogP contribution < -0.4 is 10.2 Å². The average Bonchev–Trinajstić information content (AvgIpc) is 3.30. The number of halogens is 1. The lowest BCUT2D eigenvalue weighted by Crippen LogP contribution is -2.52. The van der Waals surface area contributed by atoms with Crippen molar-refractivity contribution in [2.24, 2.45) is 4.99 Å². The van der Waals surface area contributed by atoms with E-state index in [0.29, 0.717) is 6.54 Å². The Hall–Kier alpha value is -1.84. The van der Waals surface area contributed by atoms with Crippen LogP contribution in [0.25, 0.3) is 0 Å². The third-order valence-electron chi connectivity index (χ3n) is 5.80. The van der Waals surface area contributed by atoms with E-state index < -0.39 is 0 Å². The van der Waals surface area contributed by atoms with Gasteiger partial charge in [-0.15, -0.1) is 34.2 Å². The Morgan fingerprint density at radius 3 is 2.64 bits per heavy atom. The standard InChI is InChI=1S/C20H29N7.HI/c1-15-6-4-7-17(16(15)2)25-10-12-26(13-11-25)20(21-3)22-14-19-24-23-18-8-5-9-27(18)19;/h4,6-7H,5,8-14H2,1-3H3,(H,21,22);1H. The Morgan fingerprint density at radius 2 is 1.89 bits per heavy atom. The molecule has 0 aliphatic carbocycles. The van der Waals surface area contributed by atoms with Crippen LogP contribution in [0.2, 0.25) is 0 Å². The first-order valence-electron chi connectivity index (χ1n) is 9.85. The van der Waals surface area contributed by atoms with Gasteiger partial charge in [0.15, 0.2) is 11.8 Å². The zero-order valence-corrected chi connectivity index (χ0v) is 19.3. The average molecular weight is 495 g/mol. The topological polar surface area (TPSA) is 61.6 Å². The minimum atomic E-state index is 0. The van der Waals surface area contributed by atoms with Crippen molar-refractivity contribution in [2.75, 3.05) is 38.1 Å². The number of nitrogens with one attached hydrogen (secondary N) is 1. The molecule has 1 aromatic carbocycles. The molecule has 0 radical (unpaired) electrons. The van der Waals surface area contributed by atoms with E-state index in [-0.39, 0.29) is 24.0 Å². The molecule has 0 spiro atoms. The van der Waals surface area contributed by atoms with Gasteiger partial charge in [-0.1, -0.05) is 12.1 Å². The van der Waals surface area contributed by atoms with Crippen LogP contribution in [0.5, 0.6) is 0 Å². The molecule has 7 nitrogen and oxygen atoms in total. The zero-order valence-electron chi connectivity index (χ0n) is 17.0. The van der Waals surface area contributed by atoms with E-state index in [9.17, 15) is 0 Å². The predicted octanol–water partition coefficient (Wildman–Crippen LogP) is 2.36. The van der Waals surface area contributed by atoms with Gasteiger partial charge in [0.05, 0.1) is 6.54 Å². The molecule has 28 heavy (non-hydrogen) atoms. The van der Waals surface area contributed by atoms with Gasteiger partial charge >= 0.3 is 0 Å². The molecule has 0 unspecified atom stereocenters. The van der Waals surface area contributed by atoms with E-state index in [4.69, 9.17) is 0 Å². The van der Waals surface area contributed by atoms with Crippen molar-refractivity contribution >= 4 is 35.6 Å². The Kier molecular flexibility index (Phi) is 6.79. The highest BCUT2D eigenvalue weighted by molar-refractivity contribution is 14.0. The number of anilines is 1. The molecule has 2 aliphatic heterocycles. The van der Waals surface area contributed by atoms with Gasteiger partial charge in [-0.25, -0.2) is 0 Å². The number of nitrogens with zero attached hydrogens (tertiary/aromatic N) is 6. The lowest BCUT2D eigenvalue weighted by molar-refractivity contribution is 0.371. The van der Waals surface area contributed by atoms with Crippen LogP contribution in [0.1, 0.15) is 29.2 Å². The van der Waals surface area contributed by atoms with Crippen molar-refractivity contribution in [1.29, 1.82) is 0 Å². The highest BCUT2D eigenvalue weighted by Gasteiger charge is 2.22. The summed E-state index contributed by atoms with van der Waals surface area (Å²) < 4.78 is 2.23. The summed E-state index contributed by atoms with van der Waals surface area (Å²) in [6, 6.07) is 6.57. The minimum absolute atomic E-state index is 0. The Morgan fingerprint density at radius 1 is 1.11 bits per heavy atom. The predicted molar refractivity (Wildman–Crippen MR) is 124 cm³/mol. The molecule has 4 rings (SSSR count). The lowest BCUT2D eigenvalue weighted by Gasteiger charge is -2.38. The number of hydrogen-bond donors (Lipinski definition) is 1. The molecule has 2 aliphatic rings. The van der Waals surface area contributed by atoms with Crippen LogP contribution >= 0.6 is 24.0 Å². The third-order valence-corrected chi connectivity index (χ3v) is 5.80. The molecule has 2 aromatic rings. The molecular weight excluding hydrogens is 465 g/mol. The Balaban J connectivity index is 0.00000225. The van der Waals surface area contributed by atoms with Crippen LogP contribution in [0.3, 0.4) is 0 Å². The summed E-state index contributed by atoms with van der Waals surface area (Å²) in [7, 11) is 1.85. The summed E-state index contributed by atoms with van der Waals surface area (Å²) in [6.07, 6.45) is 2.22. The summed E-state index contributed by atoms with van der Waals surface area (Å²) >= 11 is 0. The number of piperazine rings is 1. The molecule has 0 amide bonds. The van der Waals surface area contributed by atoms with Gasteiger partial charge in [-0.05, 0) is 37.5 Å². The number of aromatic nitrogens is 3. The largest absolute Gasteiger partial charge is 0.368 e. The smallest absolute Gasteiger partial charge is 0.194 e. The number of benzene rings is 1. The third kappa shape index (κ3) is 4.11. The highest BCUT2D eigenvalue weighted by Crippen LogP contribution is 2.24. The first-order valence-corrected chi connectivity index (χ1v) is 9.85. The van der Waals surface area contributed by atoms with Gasteiger partial charge in [-0.3, -0.25) is 4.99 Å². The molecule has 1 fully saturated rings. The maximum Gasteiger partial charge on any atom is 0.194 e. The quantitative estimate of drug-likeness (QED) is 0.403. The van der Waals surface area contributed by atoms with Gasteiger partial charge in [0, 0.05) is 51.9 Å². The van der Waals surface area contributed by atoms with E-state index in [0.717, 1.165) is 56.8 Å². The van der Waals surface area contributed by atoms with E-state index in [1.165, 1.54) is 23.2 Å². The van der Waals surface area contributed by atoms with Gasteiger partial charge in [-0.2, -0.15) is 0 Å². The minimum Gasteiger partial charge on any atom is -0.368 e. The monoisotopic (exact) mass is 495 g/mol. The van der Waals surface area contributed by atoms with E-state index in [1.54, 1.807) is 0 Å². The number of guanidine groups is 1. The Labute approximate surface area is 184 Å². The fourth-order valence-electron chi connectivity index (χ4n) is 4.07. The Bertz CT molecular complexity index is 837. The first kappa shape index (κ1) is 20.9. The second kappa shape index (κ2) is 9.11. The summed E-state index contributed by atoms with van der Waals surface area (Å²) in [6.45, 7) is 10.0. The van der Waals surface area contributed by atoms with Crippen molar-refractivity contribution in [3.05, 3.63) is 41.0 Å². The molecular formula is C20H30IN7. The summed E-state index contributed by atoms with van der Waals surface area (Å²) in [5, 5.41) is 12.1. The van der Waals surface area contributed by atoms with Crippen LogP contribution in [0, 0.1) is 13.8 Å². The second-order valence-electron chi connectivity index (χ2n) is 7.38. The van der Waals surface area contributed by atoms with Crippen LogP contribution in [0.15, 0.2) is 23.2 Å². The molecule has 0 bridgehead atoms. The molecule has 1 saturated heterocycles. The van der Waals surface area contributed by atoms with Crippen LogP contribution in [-0.2, 0) is 19.5 Å². The van der Waals surface area contributed by atoms with Crippen molar-refractivity contribution in [2.45, 2.75) is 39.8 Å². The van der Waals surface area contributed by atoms with Gasteiger partial charge in [0.2, 0.25) is 0 Å². The van der Waals surface area contributed by atoms with Gasteiger partial charge in [0.25, 0.3) is 0 Å². The highest BCUT2D eigenvalue weighted by atomic mass is 127. The van der Waals surface area contributed by atoms with E-state index in [1.807, 2.05) is 7.05 Å². The number of hydrogen-bond acceptors (Lipinski definition) is 4. The molecule has 3 heterocycles. The second-order valence-corrected chi connectivity index (χ2v) is 7.38. The van der Waals surface area contributed by atoms with Crippen molar-refractivity contribution in [3.8, 4) is 0 Å². The van der Waals surface area contributed by atoms with Crippen molar-refractivity contribution < 1.29 is 0 Å². The summed E-state index contributed by atoms with van der Waals surface area (Å²) in [5.74, 6) is 3.08. The lowest BCUT2D eigenvalue weighted by atomic mass is 10.1. The molecule has 1 aromatic heterocycles. The SMILES string of the molecule is CN=C(NCc1nnc2n1CCC2)N1CCN(c2cccc(C)c2C)CC1.I. The van der Waals surface area contributed by atoms with Crippen molar-refractivity contribution in [1.82, 2.24) is 25.0 Å². The maximum atomic E-state index is 4.49. The first-order chi connectivity index (χ1) is 13.2. The number of fused-ring (bicyclic) bond motifs is 1. The molecule has 0 saturated carbocycles. The molecule has 152 valence electrons. The van der Waals surface area contributed by atoms with E-state index >= 15 is 0 Å². The van der Waals surface area contributed by atoms with E-state index in [2.05, 4.69) is 66.9 Å². The fraction of sp³-hybridized carbons (Fsp3) is 0.550. The number of aliphatic imine (C=N–C) groups is 1. The van der Waals surface area contributed by atoms with Crippen molar-refractivity contribution in [3.63, 3.8) is 0 Å². The van der Waals surface area contributed by atoms with Gasteiger partial charge < -0.3 is 19.7 Å². The number of rotatable bonds is 3. The summed E-state index contributed by atoms with van der Waals surface area (Å²) in [5.41, 5.74) is 4.10. The van der Waals surface area contributed by atoms with Gasteiger partial charge in [0.1, 0.15) is 5.82 Å². The zero-order chi connectivity index (χ0) is 18.8. The van der Waals surface area contributed by atoms with Crippen LogP contribution in [-0.4, -0.2) is 58.9 Å². The van der Waals surface area contributed by atoms with Crippen LogP contribution in [0.4, 0.5) is 5.69 Å². The molecule has 0 atom stereocenters. The fourth-order valence-corrected chi connectivity index (χ4v) is 4.07. The maximum absolute atomic E-state index is 4.49.